The second-order valence-electron chi connectivity index (χ2n) is 6.77. The minimum atomic E-state index is -3.37. The maximum Gasteiger partial charge on any atom is 0.251 e. The van der Waals surface area contributed by atoms with Crippen molar-refractivity contribution in [2.75, 3.05) is 20.3 Å². The average Bonchev–Trinajstić information content (AvgIpc) is 2.74. The highest BCUT2D eigenvalue weighted by molar-refractivity contribution is 7.92. The lowest BCUT2D eigenvalue weighted by molar-refractivity contribution is 0.0132. The number of carbonyl (C=O) groups is 1. The molecular weight excluding hydrogens is 378 g/mol. The van der Waals surface area contributed by atoms with Gasteiger partial charge >= 0.3 is 0 Å². The molecule has 1 saturated heterocycles. The third-order valence-corrected chi connectivity index (χ3v) is 7.17. The van der Waals surface area contributed by atoms with Crippen molar-refractivity contribution in [1.82, 2.24) is 5.32 Å². The van der Waals surface area contributed by atoms with Gasteiger partial charge in [0.2, 0.25) is 0 Å². The summed E-state index contributed by atoms with van der Waals surface area (Å²) in [6.45, 7) is 0.835. The van der Waals surface area contributed by atoms with Crippen LogP contribution in [0.1, 0.15) is 29.6 Å². The van der Waals surface area contributed by atoms with Gasteiger partial charge < -0.3 is 14.8 Å². The molecule has 1 aliphatic heterocycles. The van der Waals surface area contributed by atoms with Crippen molar-refractivity contribution in [1.29, 1.82) is 0 Å². The molecular formula is C21H25NO5S. The summed E-state index contributed by atoms with van der Waals surface area (Å²) in [5, 5.41) is 2.41. The number of ether oxygens (including phenoxy) is 2. The topological polar surface area (TPSA) is 81.7 Å². The number of methoxy groups -OCH3 is 1. The summed E-state index contributed by atoms with van der Waals surface area (Å²) in [5.74, 6) is 0.518. The van der Waals surface area contributed by atoms with Crippen molar-refractivity contribution in [2.45, 2.75) is 35.5 Å². The first-order valence-corrected chi connectivity index (χ1v) is 10.9. The third kappa shape index (κ3) is 4.91. The van der Waals surface area contributed by atoms with Gasteiger partial charge in [-0.05, 0) is 55.7 Å². The standard InChI is InChI=1S/C21H25NO5S/c1-26-17-9-7-16(8-10-17)21(23)22-13-11-18-15-20(12-14-27-18)28(24,25)19-5-3-2-4-6-19/h2-10,18,20H,11-15H2,1H3,(H,22,23)/t18-,20+/m1/s1. The highest BCUT2D eigenvalue weighted by Crippen LogP contribution is 2.27. The van der Waals surface area contributed by atoms with E-state index < -0.39 is 15.1 Å². The van der Waals surface area contributed by atoms with Crippen molar-refractivity contribution in [3.63, 3.8) is 0 Å². The van der Waals surface area contributed by atoms with E-state index in [1.54, 1.807) is 61.7 Å². The molecule has 150 valence electrons. The third-order valence-electron chi connectivity index (χ3n) is 4.93. The van der Waals surface area contributed by atoms with Crippen molar-refractivity contribution in [2.24, 2.45) is 0 Å². The fourth-order valence-corrected chi connectivity index (χ4v) is 5.12. The molecule has 1 heterocycles. The van der Waals surface area contributed by atoms with Gasteiger partial charge in [0.25, 0.3) is 5.91 Å². The van der Waals surface area contributed by atoms with Gasteiger partial charge in [0.15, 0.2) is 9.84 Å². The average molecular weight is 404 g/mol. The van der Waals surface area contributed by atoms with E-state index in [4.69, 9.17) is 9.47 Å². The van der Waals surface area contributed by atoms with Gasteiger partial charge in [-0.2, -0.15) is 0 Å². The number of carbonyl (C=O) groups excluding carboxylic acids is 1. The highest BCUT2D eigenvalue weighted by atomic mass is 32.2. The number of rotatable bonds is 7. The zero-order chi connectivity index (χ0) is 20.0. The SMILES string of the molecule is COc1ccc(C(=O)NCC[C@@H]2C[C@@H](S(=O)(=O)c3ccccc3)CCO2)cc1. The molecule has 1 aliphatic rings. The summed E-state index contributed by atoms with van der Waals surface area (Å²) >= 11 is 0. The lowest BCUT2D eigenvalue weighted by Crippen LogP contribution is -2.36. The van der Waals surface area contributed by atoms with Crippen LogP contribution in [-0.2, 0) is 14.6 Å². The van der Waals surface area contributed by atoms with Crippen LogP contribution in [-0.4, -0.2) is 45.9 Å². The number of amides is 1. The van der Waals surface area contributed by atoms with Gasteiger partial charge in [-0.25, -0.2) is 8.42 Å². The molecule has 0 saturated carbocycles. The monoisotopic (exact) mass is 403 g/mol. The van der Waals surface area contributed by atoms with Crippen molar-refractivity contribution >= 4 is 15.7 Å². The van der Waals surface area contributed by atoms with Crippen molar-refractivity contribution in [3.8, 4) is 5.75 Å². The number of sulfone groups is 1. The summed E-state index contributed by atoms with van der Waals surface area (Å²) < 4.78 is 36.4. The zero-order valence-electron chi connectivity index (χ0n) is 15.8. The number of benzene rings is 2. The van der Waals surface area contributed by atoms with Crippen LogP contribution in [0.4, 0.5) is 0 Å². The van der Waals surface area contributed by atoms with Crippen LogP contribution >= 0.6 is 0 Å². The molecule has 0 aliphatic carbocycles. The number of nitrogens with one attached hydrogen (secondary N) is 1. The molecule has 7 heteroatoms. The number of hydrogen-bond donors (Lipinski definition) is 1. The molecule has 1 amide bonds. The smallest absolute Gasteiger partial charge is 0.251 e. The van der Waals surface area contributed by atoms with Gasteiger partial charge in [0, 0.05) is 18.7 Å². The van der Waals surface area contributed by atoms with Gasteiger partial charge in [-0.3, -0.25) is 4.79 Å². The predicted molar refractivity (Wildman–Crippen MR) is 106 cm³/mol. The van der Waals surface area contributed by atoms with Gasteiger partial charge in [-0.1, -0.05) is 18.2 Å². The van der Waals surface area contributed by atoms with Gasteiger partial charge in [-0.15, -0.1) is 0 Å². The fourth-order valence-electron chi connectivity index (χ4n) is 3.32. The van der Waals surface area contributed by atoms with Crippen LogP contribution in [0.15, 0.2) is 59.5 Å². The Balaban J connectivity index is 1.52. The van der Waals surface area contributed by atoms with Crippen LogP contribution in [0.25, 0.3) is 0 Å². The summed E-state index contributed by atoms with van der Waals surface area (Å²) in [6.07, 6.45) is 1.32. The van der Waals surface area contributed by atoms with E-state index in [1.165, 1.54) is 0 Å². The summed E-state index contributed by atoms with van der Waals surface area (Å²) in [5.41, 5.74) is 0.551. The molecule has 2 atom stereocenters. The first kappa shape index (κ1) is 20.4. The van der Waals surface area contributed by atoms with E-state index in [2.05, 4.69) is 5.32 Å². The van der Waals surface area contributed by atoms with E-state index in [9.17, 15) is 13.2 Å². The van der Waals surface area contributed by atoms with Crippen LogP contribution in [0.5, 0.6) is 5.75 Å². The minimum Gasteiger partial charge on any atom is -0.497 e. The molecule has 1 N–H and O–H groups in total. The first-order chi connectivity index (χ1) is 13.5. The molecule has 0 unspecified atom stereocenters. The van der Waals surface area contributed by atoms with Crippen LogP contribution in [0.3, 0.4) is 0 Å². The largest absolute Gasteiger partial charge is 0.497 e. The Morgan fingerprint density at radius 2 is 1.86 bits per heavy atom. The maximum absolute atomic E-state index is 12.8. The second kappa shape index (κ2) is 9.21. The van der Waals surface area contributed by atoms with E-state index >= 15 is 0 Å². The van der Waals surface area contributed by atoms with Crippen LogP contribution < -0.4 is 10.1 Å². The Labute approximate surface area is 165 Å². The second-order valence-corrected chi connectivity index (χ2v) is 9.00. The molecule has 2 aromatic carbocycles. The predicted octanol–water partition coefficient (Wildman–Crippen LogP) is 2.84. The lowest BCUT2D eigenvalue weighted by atomic mass is 10.1. The molecule has 6 nitrogen and oxygen atoms in total. The highest BCUT2D eigenvalue weighted by Gasteiger charge is 2.33. The van der Waals surface area contributed by atoms with Crippen molar-refractivity contribution < 1.29 is 22.7 Å². The van der Waals surface area contributed by atoms with Crippen LogP contribution in [0, 0.1) is 0 Å². The summed E-state index contributed by atoms with van der Waals surface area (Å²) in [7, 11) is -1.79. The normalized spacial score (nSPS) is 19.8. The Bertz CT molecular complexity index is 881. The molecule has 1 fully saturated rings. The van der Waals surface area contributed by atoms with E-state index in [0.717, 1.165) is 0 Å². The fraction of sp³-hybridized carbons (Fsp3) is 0.381. The molecule has 2 aromatic rings. The Morgan fingerprint density at radius 3 is 2.54 bits per heavy atom. The molecule has 0 spiro atoms. The quantitative estimate of drug-likeness (QED) is 0.769. The first-order valence-electron chi connectivity index (χ1n) is 9.33. The van der Waals surface area contributed by atoms with Gasteiger partial charge in [0.1, 0.15) is 5.75 Å². The Hall–Kier alpha value is -2.38. The molecule has 3 rings (SSSR count). The summed E-state index contributed by atoms with van der Waals surface area (Å²) in [6, 6.07) is 15.4. The Morgan fingerprint density at radius 1 is 1.14 bits per heavy atom. The maximum atomic E-state index is 12.8. The molecule has 0 bridgehead atoms. The minimum absolute atomic E-state index is 0.174. The molecule has 0 radical (unpaired) electrons. The van der Waals surface area contributed by atoms with Gasteiger partial charge in [0.05, 0.1) is 23.4 Å². The van der Waals surface area contributed by atoms with Crippen molar-refractivity contribution in [3.05, 3.63) is 60.2 Å². The number of hydrogen-bond acceptors (Lipinski definition) is 5. The van der Waals surface area contributed by atoms with Crippen LogP contribution in [0.2, 0.25) is 0 Å². The zero-order valence-corrected chi connectivity index (χ0v) is 16.7. The van der Waals surface area contributed by atoms with E-state index in [-0.39, 0.29) is 12.0 Å². The Kier molecular flexibility index (Phi) is 6.70. The van der Waals surface area contributed by atoms with E-state index in [1.807, 2.05) is 0 Å². The molecule has 0 aromatic heterocycles. The molecule has 28 heavy (non-hydrogen) atoms. The summed E-state index contributed by atoms with van der Waals surface area (Å²) in [4.78, 5) is 12.6. The van der Waals surface area contributed by atoms with E-state index in [0.29, 0.717) is 48.6 Å². The lowest BCUT2D eigenvalue weighted by Gasteiger charge is -2.29.